The average molecular weight is 296 g/mol. The lowest BCUT2D eigenvalue weighted by atomic mass is 10.1. The molecule has 0 aromatic heterocycles. The zero-order valence-corrected chi connectivity index (χ0v) is 12.3. The topological polar surface area (TPSA) is 61.4 Å². The van der Waals surface area contributed by atoms with Gasteiger partial charge < -0.3 is 5.32 Å². The molecule has 0 saturated carbocycles. The van der Waals surface area contributed by atoms with Crippen LogP contribution in [0.2, 0.25) is 5.02 Å². The van der Waals surface area contributed by atoms with Crippen LogP contribution in [0.3, 0.4) is 0 Å². The molecule has 0 radical (unpaired) electrons. The quantitative estimate of drug-likeness (QED) is 0.892. The summed E-state index contributed by atoms with van der Waals surface area (Å²) in [5.41, 5.74) is 1.04. The number of nitrogens with zero attached hydrogens (tertiary/aromatic N) is 1. The van der Waals surface area contributed by atoms with Gasteiger partial charge in [-0.15, -0.1) is 0 Å². The molecule has 2 rings (SSSR count). The van der Waals surface area contributed by atoms with Crippen LogP contribution in [0.1, 0.15) is 25.5 Å². The molecule has 0 spiro atoms. The maximum absolute atomic E-state index is 12.2. The molecule has 1 aromatic carbocycles. The number of benzene rings is 1. The second-order valence-corrected chi connectivity index (χ2v) is 5.32. The lowest BCUT2D eigenvalue weighted by Gasteiger charge is -2.23. The highest BCUT2D eigenvalue weighted by molar-refractivity contribution is 6.30. The number of carbonyl (C=O) groups is 2. The number of rotatable bonds is 4. The van der Waals surface area contributed by atoms with Gasteiger partial charge in [0.1, 0.15) is 0 Å². The van der Waals surface area contributed by atoms with Crippen molar-refractivity contribution in [1.82, 2.24) is 15.5 Å². The van der Waals surface area contributed by atoms with Gasteiger partial charge in [0.15, 0.2) is 0 Å². The number of nitrogens with one attached hydrogen (secondary N) is 2. The lowest BCUT2D eigenvalue weighted by molar-refractivity contribution is -0.129. The Kier molecular flexibility index (Phi) is 4.62. The first kappa shape index (κ1) is 14.8. The third-order valence-electron chi connectivity index (χ3n) is 3.36. The maximum Gasteiger partial charge on any atom is 0.324 e. The molecular formula is C14H18ClN3O2. The van der Waals surface area contributed by atoms with Crippen molar-refractivity contribution in [2.45, 2.75) is 25.9 Å². The molecule has 108 valence electrons. The number of amides is 3. The Morgan fingerprint density at radius 2 is 2.00 bits per heavy atom. The van der Waals surface area contributed by atoms with Crippen molar-refractivity contribution < 1.29 is 9.59 Å². The van der Waals surface area contributed by atoms with E-state index in [0.717, 1.165) is 5.56 Å². The molecule has 5 nitrogen and oxygen atoms in total. The summed E-state index contributed by atoms with van der Waals surface area (Å²) in [4.78, 5) is 24.9. The number of carbonyl (C=O) groups excluding carboxylic acids is 2. The van der Waals surface area contributed by atoms with Gasteiger partial charge in [-0.25, -0.2) is 4.79 Å². The highest BCUT2D eigenvalue weighted by atomic mass is 35.5. The SMILES string of the molecule is C[C@@H](N[C@H](C)c1ccc(Cl)cc1)C(=O)N1CCNC1=O. The van der Waals surface area contributed by atoms with Crippen LogP contribution in [0, 0.1) is 0 Å². The Labute approximate surface area is 123 Å². The van der Waals surface area contributed by atoms with Crippen LogP contribution in [-0.4, -0.2) is 36.0 Å². The standard InChI is InChI=1S/C14H18ClN3O2/c1-9(11-3-5-12(15)6-4-11)17-10(2)13(19)18-8-7-16-14(18)20/h3-6,9-10,17H,7-8H2,1-2H3,(H,16,20)/t9-,10-/m1/s1. The van der Waals surface area contributed by atoms with E-state index in [9.17, 15) is 9.59 Å². The summed E-state index contributed by atoms with van der Waals surface area (Å²) in [5, 5.41) is 6.50. The number of urea groups is 1. The van der Waals surface area contributed by atoms with Crippen LogP contribution in [0.25, 0.3) is 0 Å². The van der Waals surface area contributed by atoms with Gasteiger partial charge in [-0.05, 0) is 31.5 Å². The maximum atomic E-state index is 12.2. The number of halogens is 1. The average Bonchev–Trinajstić information content (AvgIpc) is 2.84. The molecule has 1 aromatic rings. The van der Waals surface area contributed by atoms with E-state index in [2.05, 4.69) is 10.6 Å². The van der Waals surface area contributed by atoms with Crippen LogP contribution in [0.15, 0.2) is 24.3 Å². The van der Waals surface area contributed by atoms with Crippen molar-refractivity contribution >= 4 is 23.5 Å². The van der Waals surface area contributed by atoms with Crippen molar-refractivity contribution in [3.8, 4) is 0 Å². The van der Waals surface area contributed by atoms with Crippen molar-refractivity contribution in [1.29, 1.82) is 0 Å². The number of imide groups is 1. The van der Waals surface area contributed by atoms with E-state index < -0.39 is 6.04 Å². The third kappa shape index (κ3) is 3.29. The first-order valence-electron chi connectivity index (χ1n) is 6.59. The Morgan fingerprint density at radius 3 is 2.55 bits per heavy atom. The largest absolute Gasteiger partial charge is 0.336 e. The van der Waals surface area contributed by atoms with E-state index in [0.29, 0.717) is 18.1 Å². The third-order valence-corrected chi connectivity index (χ3v) is 3.62. The van der Waals surface area contributed by atoms with Crippen LogP contribution in [-0.2, 0) is 4.79 Å². The van der Waals surface area contributed by atoms with Crippen molar-refractivity contribution in [2.24, 2.45) is 0 Å². The Hall–Kier alpha value is -1.59. The minimum absolute atomic E-state index is 0.00289. The van der Waals surface area contributed by atoms with E-state index in [1.807, 2.05) is 31.2 Å². The van der Waals surface area contributed by atoms with Crippen LogP contribution >= 0.6 is 11.6 Å². The first-order chi connectivity index (χ1) is 9.49. The molecule has 0 aliphatic carbocycles. The monoisotopic (exact) mass is 295 g/mol. The Bertz CT molecular complexity index is 504. The van der Waals surface area contributed by atoms with Gasteiger partial charge in [-0.2, -0.15) is 0 Å². The second kappa shape index (κ2) is 6.24. The van der Waals surface area contributed by atoms with Crippen molar-refractivity contribution in [3.05, 3.63) is 34.9 Å². The highest BCUT2D eigenvalue weighted by Crippen LogP contribution is 2.17. The summed E-state index contributed by atoms with van der Waals surface area (Å²) in [6.07, 6.45) is 0. The zero-order chi connectivity index (χ0) is 14.7. The molecule has 3 amide bonds. The summed E-state index contributed by atoms with van der Waals surface area (Å²) in [6, 6.07) is 6.72. The van der Waals surface area contributed by atoms with Crippen molar-refractivity contribution in [2.75, 3.05) is 13.1 Å². The summed E-state index contributed by atoms with van der Waals surface area (Å²) in [6.45, 7) is 4.68. The summed E-state index contributed by atoms with van der Waals surface area (Å²) in [5.74, 6) is -0.208. The number of hydrogen-bond acceptors (Lipinski definition) is 3. The predicted octanol–water partition coefficient (Wildman–Crippen LogP) is 1.93. The molecular weight excluding hydrogens is 278 g/mol. The van der Waals surface area contributed by atoms with Gasteiger partial charge >= 0.3 is 6.03 Å². The smallest absolute Gasteiger partial charge is 0.324 e. The van der Waals surface area contributed by atoms with E-state index in [1.165, 1.54) is 4.90 Å². The summed E-state index contributed by atoms with van der Waals surface area (Å²) >= 11 is 5.85. The summed E-state index contributed by atoms with van der Waals surface area (Å²) in [7, 11) is 0. The van der Waals surface area contributed by atoms with Gasteiger partial charge in [0, 0.05) is 24.2 Å². The van der Waals surface area contributed by atoms with Crippen LogP contribution < -0.4 is 10.6 Å². The minimum Gasteiger partial charge on any atom is -0.336 e. The summed E-state index contributed by atoms with van der Waals surface area (Å²) < 4.78 is 0. The second-order valence-electron chi connectivity index (χ2n) is 4.88. The molecule has 1 aliphatic rings. The normalized spacial score (nSPS) is 17.8. The fourth-order valence-corrected chi connectivity index (χ4v) is 2.34. The van der Waals surface area contributed by atoms with Gasteiger partial charge in [-0.3, -0.25) is 15.0 Å². The predicted molar refractivity (Wildman–Crippen MR) is 77.6 cm³/mol. The molecule has 1 fully saturated rings. The van der Waals surface area contributed by atoms with E-state index in [-0.39, 0.29) is 18.0 Å². The zero-order valence-electron chi connectivity index (χ0n) is 11.5. The van der Waals surface area contributed by atoms with E-state index >= 15 is 0 Å². The molecule has 0 unspecified atom stereocenters. The molecule has 20 heavy (non-hydrogen) atoms. The molecule has 6 heteroatoms. The lowest BCUT2D eigenvalue weighted by Crippen LogP contribution is -2.46. The molecule has 2 atom stereocenters. The molecule has 2 N–H and O–H groups in total. The van der Waals surface area contributed by atoms with E-state index in [4.69, 9.17) is 11.6 Å². The van der Waals surface area contributed by atoms with Gasteiger partial charge in [0.25, 0.3) is 0 Å². The molecule has 1 heterocycles. The molecule has 1 saturated heterocycles. The first-order valence-corrected chi connectivity index (χ1v) is 6.97. The van der Waals surface area contributed by atoms with Gasteiger partial charge in [0.2, 0.25) is 5.91 Å². The Balaban J connectivity index is 1.96. The number of hydrogen-bond donors (Lipinski definition) is 2. The van der Waals surface area contributed by atoms with Crippen LogP contribution in [0.5, 0.6) is 0 Å². The van der Waals surface area contributed by atoms with Gasteiger partial charge in [-0.1, -0.05) is 23.7 Å². The van der Waals surface area contributed by atoms with Crippen molar-refractivity contribution in [3.63, 3.8) is 0 Å². The fourth-order valence-electron chi connectivity index (χ4n) is 2.21. The van der Waals surface area contributed by atoms with E-state index in [1.54, 1.807) is 6.92 Å². The van der Waals surface area contributed by atoms with Gasteiger partial charge in [0.05, 0.1) is 6.04 Å². The van der Waals surface area contributed by atoms with Crippen LogP contribution in [0.4, 0.5) is 4.79 Å². The minimum atomic E-state index is -0.426. The molecule has 1 aliphatic heterocycles. The highest BCUT2D eigenvalue weighted by Gasteiger charge is 2.30. The molecule has 0 bridgehead atoms. The fraction of sp³-hybridized carbons (Fsp3) is 0.429. The Morgan fingerprint density at radius 1 is 1.35 bits per heavy atom.